The number of hydrogen-bond acceptors (Lipinski definition) is 4. The van der Waals surface area contributed by atoms with Crippen molar-refractivity contribution in [2.75, 3.05) is 25.0 Å². The maximum atomic E-state index is 12.6. The quantitative estimate of drug-likeness (QED) is 0.583. The molecule has 11 heteroatoms. The Morgan fingerprint density at radius 2 is 1.75 bits per heavy atom. The molecular weight excluding hydrogens is 420 g/mol. The summed E-state index contributed by atoms with van der Waals surface area (Å²) in [7, 11) is 0. The number of alkyl halides is 3. The molecule has 1 heterocycles. The molecular formula is C17H15Cl2F3N4O2. The van der Waals surface area contributed by atoms with Gasteiger partial charge >= 0.3 is 6.18 Å². The number of nitrogens with zero attached hydrogens (tertiary/aromatic N) is 1. The predicted molar refractivity (Wildman–Crippen MR) is 99.5 cm³/mol. The third kappa shape index (κ3) is 6.28. The van der Waals surface area contributed by atoms with Crippen LogP contribution < -0.4 is 16.0 Å². The van der Waals surface area contributed by atoms with E-state index in [4.69, 9.17) is 23.2 Å². The highest BCUT2D eigenvalue weighted by Gasteiger charge is 2.31. The average Bonchev–Trinajstić information content (AvgIpc) is 2.63. The normalized spacial score (nSPS) is 11.0. The Kier molecular flexibility index (Phi) is 7.47. The highest BCUT2D eigenvalue weighted by molar-refractivity contribution is 6.34. The summed E-state index contributed by atoms with van der Waals surface area (Å²) in [6, 6.07) is 7.17. The van der Waals surface area contributed by atoms with Crippen molar-refractivity contribution in [3.63, 3.8) is 0 Å². The Hall–Kier alpha value is -2.52. The summed E-state index contributed by atoms with van der Waals surface area (Å²) in [4.78, 5) is 27.3. The third-order valence-corrected chi connectivity index (χ3v) is 4.05. The van der Waals surface area contributed by atoms with Gasteiger partial charge in [0.25, 0.3) is 5.91 Å². The maximum absolute atomic E-state index is 12.6. The zero-order valence-corrected chi connectivity index (χ0v) is 15.8. The zero-order valence-electron chi connectivity index (χ0n) is 14.2. The van der Waals surface area contributed by atoms with E-state index in [0.29, 0.717) is 6.20 Å². The van der Waals surface area contributed by atoms with Crippen LogP contribution >= 0.6 is 23.2 Å². The van der Waals surface area contributed by atoms with Crippen LogP contribution in [-0.2, 0) is 11.0 Å². The number of benzene rings is 1. The molecule has 0 fully saturated rings. The second-order valence-corrected chi connectivity index (χ2v) is 6.31. The SMILES string of the molecule is O=C(CNC(=O)c1ccccc1Cl)NCCNc1ncc(C(F)(F)F)cc1Cl. The molecule has 6 nitrogen and oxygen atoms in total. The highest BCUT2D eigenvalue weighted by Crippen LogP contribution is 2.32. The van der Waals surface area contributed by atoms with Crippen LogP contribution in [0.1, 0.15) is 15.9 Å². The summed E-state index contributed by atoms with van der Waals surface area (Å²) in [5.74, 6) is -0.871. The lowest BCUT2D eigenvalue weighted by Crippen LogP contribution is -2.38. The minimum Gasteiger partial charge on any atom is -0.367 e. The molecule has 0 aliphatic carbocycles. The summed E-state index contributed by atoms with van der Waals surface area (Å²) in [5.41, 5.74) is -0.702. The Morgan fingerprint density at radius 1 is 1.04 bits per heavy atom. The minimum absolute atomic E-state index is 0.0657. The monoisotopic (exact) mass is 434 g/mol. The summed E-state index contributed by atoms with van der Waals surface area (Å²) in [6.07, 6.45) is -3.87. The van der Waals surface area contributed by atoms with Crippen molar-refractivity contribution in [1.29, 1.82) is 0 Å². The highest BCUT2D eigenvalue weighted by atomic mass is 35.5. The Balaban J connectivity index is 1.73. The van der Waals surface area contributed by atoms with Gasteiger partial charge in [0, 0.05) is 19.3 Å². The first-order valence-electron chi connectivity index (χ1n) is 7.94. The van der Waals surface area contributed by atoms with E-state index < -0.39 is 23.6 Å². The van der Waals surface area contributed by atoms with E-state index in [0.717, 1.165) is 6.07 Å². The first kappa shape index (κ1) is 21.8. The van der Waals surface area contributed by atoms with Gasteiger partial charge in [0.1, 0.15) is 5.82 Å². The van der Waals surface area contributed by atoms with Crippen LogP contribution in [-0.4, -0.2) is 36.4 Å². The van der Waals surface area contributed by atoms with E-state index in [1.807, 2.05) is 0 Å². The first-order chi connectivity index (χ1) is 13.2. The molecule has 28 heavy (non-hydrogen) atoms. The van der Waals surface area contributed by atoms with E-state index in [9.17, 15) is 22.8 Å². The number of carbonyl (C=O) groups is 2. The molecule has 3 N–H and O–H groups in total. The molecule has 150 valence electrons. The van der Waals surface area contributed by atoms with Gasteiger partial charge in [-0.15, -0.1) is 0 Å². The molecule has 0 aliphatic rings. The van der Waals surface area contributed by atoms with Crippen LogP contribution in [0.25, 0.3) is 0 Å². The van der Waals surface area contributed by atoms with Crippen molar-refractivity contribution >= 4 is 40.8 Å². The van der Waals surface area contributed by atoms with Gasteiger partial charge < -0.3 is 16.0 Å². The molecule has 1 aromatic carbocycles. The summed E-state index contributed by atoms with van der Waals surface area (Å²) >= 11 is 11.7. The fraction of sp³-hybridized carbons (Fsp3) is 0.235. The Bertz CT molecular complexity index is 863. The van der Waals surface area contributed by atoms with E-state index in [1.54, 1.807) is 18.2 Å². The molecule has 0 saturated heterocycles. The van der Waals surface area contributed by atoms with Crippen molar-refractivity contribution < 1.29 is 22.8 Å². The lowest BCUT2D eigenvalue weighted by Gasteiger charge is -2.11. The summed E-state index contributed by atoms with van der Waals surface area (Å²) in [5, 5.41) is 7.76. The lowest BCUT2D eigenvalue weighted by atomic mass is 10.2. The van der Waals surface area contributed by atoms with Crippen LogP contribution in [0.3, 0.4) is 0 Å². The van der Waals surface area contributed by atoms with Gasteiger partial charge in [-0.2, -0.15) is 13.2 Å². The number of halogens is 5. The second kappa shape index (κ2) is 9.61. The molecule has 0 radical (unpaired) electrons. The van der Waals surface area contributed by atoms with Crippen molar-refractivity contribution in [1.82, 2.24) is 15.6 Å². The molecule has 2 rings (SSSR count). The predicted octanol–water partition coefficient (Wildman–Crippen LogP) is 3.37. The van der Waals surface area contributed by atoms with Gasteiger partial charge in [-0.1, -0.05) is 35.3 Å². The van der Waals surface area contributed by atoms with Gasteiger partial charge in [0.2, 0.25) is 5.91 Å². The van der Waals surface area contributed by atoms with Crippen molar-refractivity contribution in [3.05, 3.63) is 57.7 Å². The van der Waals surface area contributed by atoms with Gasteiger partial charge in [-0.25, -0.2) is 4.98 Å². The fourth-order valence-electron chi connectivity index (χ4n) is 2.07. The molecule has 0 atom stereocenters. The number of anilines is 1. The van der Waals surface area contributed by atoms with Crippen LogP contribution in [0.2, 0.25) is 10.0 Å². The van der Waals surface area contributed by atoms with Crippen LogP contribution in [0, 0.1) is 0 Å². The molecule has 2 amide bonds. The minimum atomic E-state index is -4.53. The number of amides is 2. The number of rotatable bonds is 7. The number of carbonyl (C=O) groups excluding carboxylic acids is 2. The molecule has 0 saturated carbocycles. The van der Waals surface area contributed by atoms with Gasteiger partial charge in [-0.05, 0) is 18.2 Å². The van der Waals surface area contributed by atoms with Gasteiger partial charge in [0.15, 0.2) is 0 Å². The standard InChI is InChI=1S/C17H15Cl2F3N4O2/c18-12-4-2-1-3-11(12)16(28)26-9-14(27)23-5-6-24-15-13(19)7-10(8-25-15)17(20,21)22/h1-4,7-8H,5-6,9H2,(H,23,27)(H,24,25)(H,26,28). The Labute approximate surface area is 168 Å². The second-order valence-electron chi connectivity index (χ2n) is 5.49. The molecule has 0 unspecified atom stereocenters. The number of pyridine rings is 1. The molecule has 2 aromatic rings. The number of hydrogen-bond donors (Lipinski definition) is 3. The molecule has 0 spiro atoms. The largest absolute Gasteiger partial charge is 0.417 e. The van der Waals surface area contributed by atoms with Crippen molar-refractivity contribution in [2.24, 2.45) is 0 Å². The fourth-order valence-corrected chi connectivity index (χ4v) is 2.52. The number of aromatic nitrogens is 1. The van der Waals surface area contributed by atoms with Crippen molar-refractivity contribution in [3.8, 4) is 0 Å². The molecule has 1 aromatic heterocycles. The van der Waals surface area contributed by atoms with Crippen LogP contribution in [0.5, 0.6) is 0 Å². The third-order valence-electron chi connectivity index (χ3n) is 3.44. The number of nitrogens with one attached hydrogen (secondary N) is 3. The van der Waals surface area contributed by atoms with E-state index in [-0.39, 0.29) is 41.1 Å². The molecule has 0 bridgehead atoms. The zero-order chi connectivity index (χ0) is 20.7. The first-order valence-corrected chi connectivity index (χ1v) is 8.70. The van der Waals surface area contributed by atoms with Crippen LogP contribution in [0.4, 0.5) is 19.0 Å². The van der Waals surface area contributed by atoms with E-state index in [2.05, 4.69) is 20.9 Å². The van der Waals surface area contributed by atoms with Gasteiger partial charge in [0.05, 0.1) is 27.7 Å². The van der Waals surface area contributed by atoms with Crippen LogP contribution in [0.15, 0.2) is 36.5 Å². The van der Waals surface area contributed by atoms with E-state index >= 15 is 0 Å². The van der Waals surface area contributed by atoms with E-state index in [1.165, 1.54) is 6.07 Å². The maximum Gasteiger partial charge on any atom is 0.417 e. The van der Waals surface area contributed by atoms with Crippen molar-refractivity contribution in [2.45, 2.75) is 6.18 Å². The summed E-state index contributed by atoms with van der Waals surface area (Å²) in [6.45, 7) is 0.0471. The topological polar surface area (TPSA) is 83.1 Å². The summed E-state index contributed by atoms with van der Waals surface area (Å²) < 4.78 is 37.7. The average molecular weight is 435 g/mol. The smallest absolute Gasteiger partial charge is 0.367 e. The lowest BCUT2D eigenvalue weighted by molar-refractivity contribution is -0.137. The molecule has 0 aliphatic heterocycles. The van der Waals surface area contributed by atoms with Gasteiger partial charge in [-0.3, -0.25) is 9.59 Å². The Morgan fingerprint density at radius 3 is 2.39 bits per heavy atom.